The fraction of sp³-hybridized carbons (Fsp3) is 1.00. The summed E-state index contributed by atoms with van der Waals surface area (Å²) in [5.74, 6) is 0. The van der Waals surface area contributed by atoms with E-state index in [-0.39, 0.29) is 9.84 Å². The molecule has 8 heavy (non-hydrogen) atoms. The molecule has 0 saturated heterocycles. The standard InChI is InChI=1S/C5H16N2Si/c1-5(2,3)7-8-6-4/h6-7H,8H2,1-4H3. The molecule has 50 valence electrons. The second-order valence-electron chi connectivity index (χ2n) is 2.96. The first-order valence-electron chi connectivity index (χ1n) is 2.96. The molecule has 0 spiro atoms. The van der Waals surface area contributed by atoms with Gasteiger partial charge in [-0.1, -0.05) is 0 Å². The van der Waals surface area contributed by atoms with Crippen LogP contribution in [0.25, 0.3) is 0 Å². The lowest BCUT2D eigenvalue weighted by Gasteiger charge is -2.19. The molecule has 0 atom stereocenters. The second kappa shape index (κ2) is 3.22. The first-order valence-corrected chi connectivity index (χ1v) is 4.37. The Morgan fingerprint density at radius 2 is 1.75 bits per heavy atom. The smallest absolute Gasteiger partial charge is 0.167 e. The molecule has 0 bridgehead atoms. The highest BCUT2D eigenvalue weighted by Gasteiger charge is 2.05. The molecule has 0 aliphatic heterocycles. The van der Waals surface area contributed by atoms with Crippen molar-refractivity contribution >= 4 is 9.84 Å². The summed E-state index contributed by atoms with van der Waals surface area (Å²) in [6, 6.07) is 0. The third-order valence-electron chi connectivity index (χ3n) is 0.795. The molecule has 0 aliphatic rings. The predicted molar refractivity (Wildman–Crippen MR) is 40.5 cm³/mol. The monoisotopic (exact) mass is 132 g/mol. The van der Waals surface area contributed by atoms with Crippen LogP contribution in [0, 0.1) is 0 Å². The Bertz CT molecular complexity index is 57.9. The minimum atomic E-state index is -0.182. The van der Waals surface area contributed by atoms with E-state index in [4.69, 9.17) is 0 Å². The largest absolute Gasteiger partial charge is 0.333 e. The molecule has 0 aliphatic carbocycles. The third-order valence-corrected chi connectivity index (χ3v) is 2.39. The van der Waals surface area contributed by atoms with Gasteiger partial charge in [-0.25, -0.2) is 0 Å². The Kier molecular flexibility index (Phi) is 3.27. The van der Waals surface area contributed by atoms with Crippen LogP contribution in [0.15, 0.2) is 0 Å². The fourth-order valence-corrected chi connectivity index (χ4v) is 1.06. The molecule has 0 radical (unpaired) electrons. The number of hydrogen-bond acceptors (Lipinski definition) is 2. The van der Waals surface area contributed by atoms with Crippen molar-refractivity contribution in [1.82, 2.24) is 9.96 Å². The van der Waals surface area contributed by atoms with Gasteiger partial charge in [-0.3, -0.25) is 0 Å². The van der Waals surface area contributed by atoms with Gasteiger partial charge in [-0.2, -0.15) is 0 Å². The maximum Gasteiger partial charge on any atom is 0.167 e. The van der Waals surface area contributed by atoms with Crippen molar-refractivity contribution in [2.24, 2.45) is 0 Å². The highest BCUT2D eigenvalue weighted by Crippen LogP contribution is 1.94. The van der Waals surface area contributed by atoms with E-state index in [2.05, 4.69) is 30.7 Å². The van der Waals surface area contributed by atoms with Crippen molar-refractivity contribution in [2.75, 3.05) is 7.05 Å². The SMILES string of the molecule is CN[SiH2]NC(C)(C)C. The third kappa shape index (κ3) is 6.14. The minimum Gasteiger partial charge on any atom is -0.333 e. The zero-order valence-electron chi connectivity index (χ0n) is 6.21. The van der Waals surface area contributed by atoms with Crippen LogP contribution in [-0.4, -0.2) is 22.4 Å². The van der Waals surface area contributed by atoms with Crippen LogP contribution in [0.3, 0.4) is 0 Å². The van der Waals surface area contributed by atoms with Gasteiger partial charge in [0, 0.05) is 5.54 Å². The zero-order chi connectivity index (χ0) is 6.62. The van der Waals surface area contributed by atoms with Crippen molar-refractivity contribution < 1.29 is 0 Å². The summed E-state index contributed by atoms with van der Waals surface area (Å²) >= 11 is 0. The van der Waals surface area contributed by atoms with Crippen molar-refractivity contribution in [3.63, 3.8) is 0 Å². The van der Waals surface area contributed by atoms with Crippen LogP contribution < -0.4 is 9.96 Å². The summed E-state index contributed by atoms with van der Waals surface area (Å²) in [5.41, 5.74) is 0.301. The molecular formula is C5H16N2Si. The van der Waals surface area contributed by atoms with Crippen LogP contribution in [0.5, 0.6) is 0 Å². The van der Waals surface area contributed by atoms with Gasteiger partial charge in [0.05, 0.1) is 0 Å². The molecule has 3 heteroatoms. The number of rotatable bonds is 2. The van der Waals surface area contributed by atoms with Crippen molar-refractivity contribution in [2.45, 2.75) is 26.3 Å². The van der Waals surface area contributed by atoms with E-state index >= 15 is 0 Å². The summed E-state index contributed by atoms with van der Waals surface area (Å²) < 4.78 is 0. The lowest BCUT2D eigenvalue weighted by molar-refractivity contribution is 0.520. The van der Waals surface area contributed by atoms with Crippen LogP contribution >= 0.6 is 0 Å². The van der Waals surface area contributed by atoms with E-state index in [9.17, 15) is 0 Å². The van der Waals surface area contributed by atoms with Crippen molar-refractivity contribution in [3.8, 4) is 0 Å². The van der Waals surface area contributed by atoms with Gasteiger partial charge in [0.15, 0.2) is 9.84 Å². The van der Waals surface area contributed by atoms with Gasteiger partial charge in [0.25, 0.3) is 0 Å². The number of nitrogens with one attached hydrogen (secondary N) is 2. The maximum atomic E-state index is 3.40. The topological polar surface area (TPSA) is 24.1 Å². The van der Waals surface area contributed by atoms with E-state index < -0.39 is 0 Å². The lowest BCUT2D eigenvalue weighted by atomic mass is 10.1. The van der Waals surface area contributed by atoms with E-state index in [1.165, 1.54) is 0 Å². The van der Waals surface area contributed by atoms with Gasteiger partial charge in [-0.15, -0.1) is 0 Å². The van der Waals surface area contributed by atoms with Gasteiger partial charge in [-0.05, 0) is 27.8 Å². The summed E-state index contributed by atoms with van der Waals surface area (Å²) in [5, 5.41) is 0. The quantitative estimate of drug-likeness (QED) is 0.499. The predicted octanol–water partition coefficient (Wildman–Crippen LogP) is -0.407. The lowest BCUT2D eigenvalue weighted by Crippen LogP contribution is -2.43. The molecule has 0 rings (SSSR count). The first-order chi connectivity index (χ1) is 3.56. The molecule has 2 N–H and O–H groups in total. The minimum absolute atomic E-state index is 0.182. The van der Waals surface area contributed by atoms with E-state index in [1.807, 2.05) is 7.05 Å². The van der Waals surface area contributed by atoms with Crippen LogP contribution in [0.1, 0.15) is 20.8 Å². The Hall–Kier alpha value is 0.137. The van der Waals surface area contributed by atoms with Crippen LogP contribution in [0.4, 0.5) is 0 Å². The highest BCUT2D eigenvalue weighted by atomic mass is 28.2. The summed E-state index contributed by atoms with van der Waals surface area (Å²) in [6.07, 6.45) is 0. The van der Waals surface area contributed by atoms with Gasteiger partial charge >= 0.3 is 0 Å². The Morgan fingerprint density at radius 3 is 1.88 bits per heavy atom. The molecule has 0 aromatic carbocycles. The van der Waals surface area contributed by atoms with Crippen LogP contribution in [0.2, 0.25) is 0 Å². The van der Waals surface area contributed by atoms with Gasteiger partial charge in [0.2, 0.25) is 0 Å². The summed E-state index contributed by atoms with van der Waals surface area (Å²) in [7, 11) is 1.81. The van der Waals surface area contributed by atoms with E-state index in [0.717, 1.165) is 0 Å². The summed E-state index contributed by atoms with van der Waals surface area (Å²) in [4.78, 5) is 6.55. The Balaban J connectivity index is 3.11. The molecular weight excluding hydrogens is 116 g/mol. The van der Waals surface area contributed by atoms with E-state index in [0.29, 0.717) is 5.54 Å². The van der Waals surface area contributed by atoms with Crippen molar-refractivity contribution in [3.05, 3.63) is 0 Å². The molecule has 0 heterocycles. The summed E-state index contributed by atoms with van der Waals surface area (Å²) in [6.45, 7) is 6.53. The number of hydrogen-bond donors (Lipinski definition) is 2. The zero-order valence-corrected chi connectivity index (χ0v) is 7.62. The van der Waals surface area contributed by atoms with Gasteiger partial charge in [0.1, 0.15) is 0 Å². The average Bonchev–Trinajstić information content (AvgIpc) is 1.59. The second-order valence-corrected chi connectivity index (χ2v) is 4.37. The molecule has 0 aromatic rings. The Labute approximate surface area is 54.0 Å². The van der Waals surface area contributed by atoms with Gasteiger partial charge < -0.3 is 9.96 Å². The molecule has 0 fully saturated rings. The molecule has 0 unspecified atom stereocenters. The molecule has 0 saturated carbocycles. The molecule has 0 amide bonds. The first kappa shape index (κ1) is 8.14. The van der Waals surface area contributed by atoms with E-state index in [1.54, 1.807) is 0 Å². The molecule has 0 aromatic heterocycles. The maximum absolute atomic E-state index is 3.40. The van der Waals surface area contributed by atoms with Crippen molar-refractivity contribution in [1.29, 1.82) is 0 Å². The average molecular weight is 132 g/mol. The fourth-order valence-electron chi connectivity index (χ4n) is 0.354. The highest BCUT2D eigenvalue weighted by molar-refractivity contribution is 6.28. The van der Waals surface area contributed by atoms with Crippen LogP contribution in [-0.2, 0) is 0 Å². The normalized spacial score (nSPS) is 13.5. The Morgan fingerprint density at radius 1 is 1.25 bits per heavy atom. The molecule has 2 nitrogen and oxygen atoms in total.